The molecule has 2 aliphatic rings. The largest absolute Gasteiger partial charge is 0.406 e. The average Bonchev–Trinajstić information content (AvgIpc) is 3.29. The Kier molecular flexibility index (Phi) is 6.87. The van der Waals surface area contributed by atoms with Crippen LogP contribution in [0.3, 0.4) is 0 Å². The van der Waals surface area contributed by atoms with Gasteiger partial charge in [-0.2, -0.15) is 13.2 Å². The molecule has 1 aromatic heterocycles. The van der Waals surface area contributed by atoms with Crippen LogP contribution in [0.4, 0.5) is 17.6 Å². The second-order valence-corrected chi connectivity index (χ2v) is 10.2. The molecule has 2 aliphatic heterocycles. The Morgan fingerprint density at radius 2 is 1.68 bits per heavy atom. The van der Waals surface area contributed by atoms with Crippen molar-refractivity contribution in [3.8, 4) is 0 Å². The van der Waals surface area contributed by atoms with E-state index in [1.807, 2.05) is 30.0 Å². The zero-order valence-electron chi connectivity index (χ0n) is 20.7. The highest BCUT2D eigenvalue weighted by molar-refractivity contribution is 5.98. The molecule has 0 spiro atoms. The second-order valence-electron chi connectivity index (χ2n) is 10.2. The number of halogens is 4. The minimum Gasteiger partial charge on any atom is -0.334 e. The van der Waals surface area contributed by atoms with E-state index in [4.69, 9.17) is 0 Å². The lowest BCUT2D eigenvalue weighted by Crippen LogP contribution is -2.39. The van der Waals surface area contributed by atoms with Gasteiger partial charge < -0.3 is 9.80 Å². The summed E-state index contributed by atoms with van der Waals surface area (Å²) < 4.78 is 55.2. The van der Waals surface area contributed by atoms with Gasteiger partial charge in [0.2, 0.25) is 0 Å². The van der Waals surface area contributed by atoms with Crippen LogP contribution < -0.4 is 5.69 Å². The number of unbranched alkanes of at least 4 members (excludes halogenated alkanes) is 1. The Labute approximate surface area is 212 Å². The maximum absolute atomic E-state index is 13.8. The number of hydrogen-bond donors (Lipinski definition) is 0. The zero-order valence-corrected chi connectivity index (χ0v) is 20.7. The molecule has 1 fully saturated rings. The predicted octanol–water partition coefficient (Wildman–Crippen LogP) is 4.89. The fraction of sp³-hybridized carbons (Fsp3) is 0.481. The van der Waals surface area contributed by atoms with Crippen LogP contribution in [-0.2, 0) is 13.1 Å². The molecule has 0 N–H and O–H groups in total. The lowest BCUT2D eigenvalue weighted by molar-refractivity contribution is -0.140. The summed E-state index contributed by atoms with van der Waals surface area (Å²) >= 11 is 0. The summed E-state index contributed by atoms with van der Waals surface area (Å²) in [5.41, 5.74) is 2.52. The van der Waals surface area contributed by atoms with Gasteiger partial charge in [-0.3, -0.25) is 13.9 Å². The fourth-order valence-corrected chi connectivity index (χ4v) is 5.63. The van der Waals surface area contributed by atoms with E-state index in [9.17, 15) is 27.2 Å². The highest BCUT2D eigenvalue weighted by Crippen LogP contribution is 2.28. The lowest BCUT2D eigenvalue weighted by atomic mass is 10.0. The van der Waals surface area contributed by atoms with E-state index in [2.05, 4.69) is 4.90 Å². The first-order valence-electron chi connectivity index (χ1n) is 12.7. The van der Waals surface area contributed by atoms with Gasteiger partial charge in [-0.15, -0.1) is 0 Å². The topological polar surface area (TPSA) is 50.5 Å². The van der Waals surface area contributed by atoms with E-state index in [1.54, 1.807) is 0 Å². The van der Waals surface area contributed by atoms with Gasteiger partial charge in [-0.25, -0.2) is 9.18 Å². The average molecular weight is 519 g/mol. The van der Waals surface area contributed by atoms with Crippen LogP contribution in [0.5, 0.6) is 0 Å². The SMILES string of the molecule is Cc1ccc2c(c1)C(=O)N(CCCCN1CCC(n3c(=O)n(CC(F)(F)F)c4cc(F)ccc43)CC1)C2. The molecule has 2 aromatic carbocycles. The molecule has 3 aromatic rings. The van der Waals surface area contributed by atoms with Gasteiger partial charge in [0.1, 0.15) is 12.4 Å². The van der Waals surface area contributed by atoms with Crippen molar-refractivity contribution in [3.63, 3.8) is 0 Å². The van der Waals surface area contributed by atoms with Crippen LogP contribution in [0.2, 0.25) is 0 Å². The number of likely N-dealkylation sites (tertiary alicyclic amines) is 1. The minimum atomic E-state index is -4.58. The zero-order chi connectivity index (χ0) is 26.3. The summed E-state index contributed by atoms with van der Waals surface area (Å²) in [5.74, 6) is -0.584. The van der Waals surface area contributed by atoms with Crippen molar-refractivity contribution < 1.29 is 22.4 Å². The molecule has 0 bridgehead atoms. The van der Waals surface area contributed by atoms with Crippen LogP contribution in [-0.4, -0.2) is 57.2 Å². The molecule has 37 heavy (non-hydrogen) atoms. The van der Waals surface area contributed by atoms with Gasteiger partial charge in [0.15, 0.2) is 0 Å². The first kappa shape index (κ1) is 25.5. The molecule has 0 saturated carbocycles. The number of fused-ring (bicyclic) bond motifs is 2. The van der Waals surface area contributed by atoms with E-state index in [0.717, 1.165) is 55.2 Å². The van der Waals surface area contributed by atoms with Crippen molar-refractivity contribution in [2.75, 3.05) is 26.2 Å². The van der Waals surface area contributed by atoms with Crippen molar-refractivity contribution in [2.45, 2.75) is 57.9 Å². The number of imidazole rings is 1. The molecule has 0 radical (unpaired) electrons. The van der Waals surface area contributed by atoms with Crippen LogP contribution in [0.25, 0.3) is 11.0 Å². The number of aromatic nitrogens is 2. The van der Waals surface area contributed by atoms with E-state index in [-0.39, 0.29) is 17.5 Å². The standard InChI is InChI=1S/C27H30F4N4O2/c1-18-4-5-19-16-33(25(36)22(19)14-18)11-3-2-10-32-12-8-21(9-13-32)35-23-7-6-20(28)15-24(23)34(26(35)37)17-27(29,30)31/h4-7,14-15,21H,2-3,8-13,16-17H2,1H3. The number of piperidine rings is 1. The van der Waals surface area contributed by atoms with Crippen molar-refractivity contribution in [1.82, 2.24) is 18.9 Å². The van der Waals surface area contributed by atoms with Gasteiger partial charge in [-0.1, -0.05) is 17.7 Å². The normalized spacial score (nSPS) is 17.2. The van der Waals surface area contributed by atoms with Crippen LogP contribution in [0.1, 0.15) is 53.2 Å². The molecule has 198 valence electrons. The van der Waals surface area contributed by atoms with Crippen LogP contribution in [0.15, 0.2) is 41.2 Å². The molecule has 0 aliphatic carbocycles. The van der Waals surface area contributed by atoms with Gasteiger partial charge in [-0.05, 0) is 69.0 Å². The van der Waals surface area contributed by atoms with Crippen molar-refractivity contribution >= 4 is 16.9 Å². The van der Waals surface area contributed by atoms with Crippen LogP contribution >= 0.6 is 0 Å². The van der Waals surface area contributed by atoms with Gasteiger partial charge >= 0.3 is 11.9 Å². The number of carbonyl (C=O) groups excluding carboxylic acids is 1. The summed E-state index contributed by atoms with van der Waals surface area (Å²) in [6.45, 7) is 4.19. The molecular weight excluding hydrogens is 488 g/mol. The maximum atomic E-state index is 13.8. The van der Waals surface area contributed by atoms with Crippen molar-refractivity contribution in [2.24, 2.45) is 0 Å². The molecule has 0 unspecified atom stereocenters. The predicted molar refractivity (Wildman–Crippen MR) is 132 cm³/mol. The molecule has 1 amide bonds. The number of benzene rings is 2. The summed E-state index contributed by atoms with van der Waals surface area (Å²) in [4.78, 5) is 29.8. The van der Waals surface area contributed by atoms with Gasteiger partial charge in [0.05, 0.1) is 11.0 Å². The smallest absolute Gasteiger partial charge is 0.334 e. The number of alkyl halides is 3. The Balaban J connectivity index is 1.16. The maximum Gasteiger partial charge on any atom is 0.406 e. The van der Waals surface area contributed by atoms with Crippen molar-refractivity contribution in [3.05, 3.63) is 69.4 Å². The van der Waals surface area contributed by atoms with E-state index in [1.165, 1.54) is 16.7 Å². The van der Waals surface area contributed by atoms with Gasteiger partial charge in [0.25, 0.3) is 5.91 Å². The number of aryl methyl sites for hydroxylation is 1. The first-order chi connectivity index (χ1) is 17.6. The Morgan fingerprint density at radius 1 is 0.946 bits per heavy atom. The molecule has 6 nitrogen and oxygen atoms in total. The molecule has 10 heteroatoms. The minimum absolute atomic E-state index is 0.0291. The first-order valence-corrected chi connectivity index (χ1v) is 12.7. The fourth-order valence-electron chi connectivity index (χ4n) is 5.63. The number of amides is 1. The third kappa shape index (κ3) is 5.30. The molecule has 3 heterocycles. The Bertz CT molecular complexity index is 1370. The number of hydrogen-bond acceptors (Lipinski definition) is 3. The Hall–Kier alpha value is -3.14. The third-order valence-corrected chi connectivity index (χ3v) is 7.48. The van der Waals surface area contributed by atoms with Crippen LogP contribution in [0, 0.1) is 12.7 Å². The summed E-state index contributed by atoms with van der Waals surface area (Å²) in [5, 5.41) is 0. The second kappa shape index (κ2) is 9.96. The van der Waals surface area contributed by atoms with E-state index in [0.29, 0.717) is 36.0 Å². The number of rotatable bonds is 7. The molecule has 1 saturated heterocycles. The highest BCUT2D eigenvalue weighted by Gasteiger charge is 2.33. The van der Waals surface area contributed by atoms with Gasteiger partial charge in [0, 0.05) is 37.8 Å². The summed E-state index contributed by atoms with van der Waals surface area (Å²) in [7, 11) is 0. The summed E-state index contributed by atoms with van der Waals surface area (Å²) in [6, 6.07) is 9.33. The third-order valence-electron chi connectivity index (χ3n) is 7.48. The summed E-state index contributed by atoms with van der Waals surface area (Å²) in [6.07, 6.45) is -1.52. The molecule has 0 atom stereocenters. The highest BCUT2D eigenvalue weighted by atomic mass is 19.4. The quantitative estimate of drug-likeness (QED) is 0.331. The number of carbonyl (C=O) groups is 1. The van der Waals surface area contributed by atoms with Crippen molar-refractivity contribution in [1.29, 1.82) is 0 Å². The molecular formula is C27H30F4N4O2. The van der Waals surface area contributed by atoms with E-state index >= 15 is 0 Å². The molecule has 5 rings (SSSR count). The van der Waals surface area contributed by atoms with E-state index < -0.39 is 24.2 Å². The monoisotopic (exact) mass is 518 g/mol. The lowest BCUT2D eigenvalue weighted by Gasteiger charge is -2.32. The number of nitrogens with zero attached hydrogens (tertiary/aromatic N) is 4. The Morgan fingerprint density at radius 3 is 2.41 bits per heavy atom.